The number of esters is 2. The Hall–Kier alpha value is -3.62. The van der Waals surface area contributed by atoms with Crippen LogP contribution in [-0.2, 0) is 14.3 Å². The topological polar surface area (TPSA) is 141 Å². The summed E-state index contributed by atoms with van der Waals surface area (Å²) < 4.78 is 10.4. The maximum atomic E-state index is 12.5. The van der Waals surface area contributed by atoms with Crippen LogP contribution in [0, 0.1) is 13.8 Å². The Morgan fingerprint density at radius 2 is 1.57 bits per heavy atom. The molecule has 1 aromatic heterocycles. The summed E-state index contributed by atoms with van der Waals surface area (Å²) in [5.41, 5.74) is 7.09. The lowest BCUT2D eigenvalue weighted by Gasteiger charge is -2.13. The number of anilines is 1. The minimum atomic E-state index is -1.11. The minimum Gasteiger partial charge on any atom is -0.459 e. The molecule has 0 radical (unpaired) electrons. The van der Waals surface area contributed by atoms with E-state index in [2.05, 4.69) is 10.3 Å². The molecule has 0 bridgehead atoms. The number of aromatic nitrogens is 1. The summed E-state index contributed by atoms with van der Waals surface area (Å²) >= 11 is 0. The van der Waals surface area contributed by atoms with Gasteiger partial charge in [0.2, 0.25) is 5.91 Å². The van der Waals surface area contributed by atoms with Crippen LogP contribution in [0.25, 0.3) is 0 Å². The van der Waals surface area contributed by atoms with Gasteiger partial charge in [0.1, 0.15) is 5.69 Å². The number of aromatic amines is 1. The molecule has 1 heterocycles. The average molecular weight is 415 g/mol. The molecule has 9 nitrogen and oxygen atoms in total. The number of aryl methyl sites for hydroxylation is 1. The second-order valence-corrected chi connectivity index (χ2v) is 7.06. The largest absolute Gasteiger partial charge is 0.459 e. The second kappa shape index (κ2) is 9.25. The van der Waals surface area contributed by atoms with E-state index in [4.69, 9.17) is 15.2 Å². The summed E-state index contributed by atoms with van der Waals surface area (Å²) in [6.07, 6.45) is -1.41. The fourth-order valence-electron chi connectivity index (χ4n) is 2.77. The standard InChI is InChI=1S/C21H25N3O6/c1-10(2)29-20(27)16-11(3)17(23-12(16)4)21(28)30-13(5)19(26)24-15-8-6-14(7-9-15)18(22)25/h6-10,13,23H,1-5H3,(H2,22,25)(H,24,26)/t13-/m0/s1. The Morgan fingerprint density at radius 3 is 2.10 bits per heavy atom. The zero-order valence-electron chi connectivity index (χ0n) is 17.5. The highest BCUT2D eigenvalue weighted by molar-refractivity contribution is 6.01. The van der Waals surface area contributed by atoms with Crippen LogP contribution in [0.1, 0.15) is 63.2 Å². The molecule has 0 fully saturated rings. The Bertz CT molecular complexity index is 975. The molecule has 2 amide bonds. The third kappa shape index (κ3) is 5.25. The average Bonchev–Trinajstić information content (AvgIpc) is 2.95. The van der Waals surface area contributed by atoms with E-state index in [1.54, 1.807) is 27.7 Å². The van der Waals surface area contributed by atoms with Crippen molar-refractivity contribution < 1.29 is 28.7 Å². The van der Waals surface area contributed by atoms with Gasteiger partial charge in [-0.05, 0) is 64.4 Å². The van der Waals surface area contributed by atoms with Crippen LogP contribution in [0.2, 0.25) is 0 Å². The van der Waals surface area contributed by atoms with Crippen molar-refractivity contribution in [1.82, 2.24) is 4.98 Å². The van der Waals surface area contributed by atoms with Gasteiger partial charge in [-0.2, -0.15) is 0 Å². The summed E-state index contributed by atoms with van der Waals surface area (Å²) in [7, 11) is 0. The van der Waals surface area contributed by atoms with Crippen LogP contribution in [0.15, 0.2) is 24.3 Å². The Morgan fingerprint density at radius 1 is 0.967 bits per heavy atom. The molecule has 0 unspecified atom stereocenters. The molecule has 0 aliphatic rings. The molecule has 2 aromatic rings. The van der Waals surface area contributed by atoms with Crippen molar-refractivity contribution in [3.8, 4) is 0 Å². The molecule has 0 spiro atoms. The molecule has 30 heavy (non-hydrogen) atoms. The molecular formula is C21H25N3O6. The zero-order chi connectivity index (χ0) is 22.6. The van der Waals surface area contributed by atoms with Gasteiger partial charge in [0.25, 0.3) is 5.91 Å². The van der Waals surface area contributed by atoms with Crippen LogP contribution in [-0.4, -0.2) is 40.9 Å². The van der Waals surface area contributed by atoms with Crippen LogP contribution >= 0.6 is 0 Å². The summed E-state index contributed by atoms with van der Waals surface area (Å²) in [6, 6.07) is 5.96. The molecule has 0 aliphatic carbocycles. The van der Waals surface area contributed by atoms with E-state index in [1.807, 2.05) is 0 Å². The lowest BCUT2D eigenvalue weighted by atomic mass is 10.1. The molecule has 4 N–H and O–H groups in total. The first-order valence-corrected chi connectivity index (χ1v) is 9.33. The van der Waals surface area contributed by atoms with E-state index in [1.165, 1.54) is 31.2 Å². The number of nitrogens with one attached hydrogen (secondary N) is 2. The van der Waals surface area contributed by atoms with E-state index in [9.17, 15) is 19.2 Å². The van der Waals surface area contributed by atoms with Crippen LogP contribution < -0.4 is 11.1 Å². The van der Waals surface area contributed by atoms with Gasteiger partial charge in [-0.3, -0.25) is 9.59 Å². The van der Waals surface area contributed by atoms with E-state index >= 15 is 0 Å². The quantitative estimate of drug-likeness (QED) is 0.593. The zero-order valence-corrected chi connectivity index (χ0v) is 17.5. The number of benzene rings is 1. The molecule has 0 saturated heterocycles. The van der Waals surface area contributed by atoms with Crippen molar-refractivity contribution in [2.45, 2.75) is 46.8 Å². The maximum absolute atomic E-state index is 12.5. The molecular weight excluding hydrogens is 390 g/mol. The molecule has 0 aliphatic heterocycles. The highest BCUT2D eigenvalue weighted by Crippen LogP contribution is 2.21. The number of hydrogen-bond acceptors (Lipinski definition) is 6. The van der Waals surface area contributed by atoms with E-state index in [0.29, 0.717) is 22.5 Å². The van der Waals surface area contributed by atoms with Gasteiger partial charge in [-0.15, -0.1) is 0 Å². The first-order valence-electron chi connectivity index (χ1n) is 9.33. The molecule has 1 aromatic carbocycles. The fourth-order valence-corrected chi connectivity index (χ4v) is 2.77. The summed E-state index contributed by atoms with van der Waals surface area (Å²) in [6.45, 7) is 8.12. The number of H-pyrrole nitrogens is 1. The molecule has 1 atom stereocenters. The normalized spacial score (nSPS) is 11.7. The van der Waals surface area contributed by atoms with Crippen molar-refractivity contribution in [1.29, 1.82) is 0 Å². The van der Waals surface area contributed by atoms with Gasteiger partial charge < -0.3 is 25.5 Å². The van der Waals surface area contributed by atoms with Crippen LogP contribution in [0.4, 0.5) is 5.69 Å². The Labute approximate surface area is 173 Å². The maximum Gasteiger partial charge on any atom is 0.355 e. The number of hydrogen-bond donors (Lipinski definition) is 3. The highest BCUT2D eigenvalue weighted by Gasteiger charge is 2.27. The summed E-state index contributed by atoms with van der Waals surface area (Å²) in [5.74, 6) is -2.45. The van der Waals surface area contributed by atoms with Crippen molar-refractivity contribution >= 4 is 29.4 Å². The number of amides is 2. The Balaban J connectivity index is 2.07. The van der Waals surface area contributed by atoms with Crippen LogP contribution in [0.5, 0.6) is 0 Å². The van der Waals surface area contributed by atoms with E-state index < -0.39 is 29.9 Å². The van der Waals surface area contributed by atoms with E-state index in [0.717, 1.165) is 0 Å². The number of primary amides is 1. The predicted octanol–water partition coefficient (Wildman–Crippen LogP) is 2.48. The predicted molar refractivity (Wildman–Crippen MR) is 109 cm³/mol. The first kappa shape index (κ1) is 22.7. The minimum absolute atomic E-state index is 0.0775. The van der Waals surface area contributed by atoms with Crippen LogP contribution in [0.3, 0.4) is 0 Å². The number of carbonyl (C=O) groups is 4. The molecule has 0 saturated carbocycles. The lowest BCUT2D eigenvalue weighted by Crippen LogP contribution is -2.30. The first-order chi connectivity index (χ1) is 14.0. The van der Waals surface area contributed by atoms with Gasteiger partial charge in [-0.25, -0.2) is 9.59 Å². The third-order valence-electron chi connectivity index (χ3n) is 4.28. The number of ether oxygens (including phenoxy) is 2. The Kier molecular flexibility index (Phi) is 6.99. The second-order valence-electron chi connectivity index (χ2n) is 7.06. The van der Waals surface area contributed by atoms with Gasteiger partial charge in [0, 0.05) is 16.9 Å². The number of rotatable bonds is 7. The summed E-state index contributed by atoms with van der Waals surface area (Å²) in [5, 5.41) is 2.58. The molecule has 160 valence electrons. The third-order valence-corrected chi connectivity index (χ3v) is 4.28. The monoisotopic (exact) mass is 415 g/mol. The molecule has 2 rings (SSSR count). The number of nitrogens with two attached hydrogens (primary N) is 1. The van der Waals surface area contributed by atoms with Gasteiger partial charge in [-0.1, -0.05) is 0 Å². The van der Waals surface area contributed by atoms with Gasteiger partial charge in [0.15, 0.2) is 6.10 Å². The fraction of sp³-hybridized carbons (Fsp3) is 0.333. The van der Waals surface area contributed by atoms with E-state index in [-0.39, 0.29) is 17.4 Å². The number of carbonyl (C=O) groups excluding carboxylic acids is 4. The van der Waals surface area contributed by atoms with Gasteiger partial charge >= 0.3 is 11.9 Å². The molecule has 9 heteroatoms. The van der Waals surface area contributed by atoms with Crippen molar-refractivity contribution in [2.24, 2.45) is 5.73 Å². The van der Waals surface area contributed by atoms with Crippen molar-refractivity contribution in [3.63, 3.8) is 0 Å². The summed E-state index contributed by atoms with van der Waals surface area (Å²) in [4.78, 5) is 51.0. The smallest absolute Gasteiger partial charge is 0.355 e. The highest BCUT2D eigenvalue weighted by atomic mass is 16.6. The van der Waals surface area contributed by atoms with Crippen molar-refractivity contribution in [3.05, 3.63) is 52.3 Å². The van der Waals surface area contributed by atoms with Crippen molar-refractivity contribution in [2.75, 3.05) is 5.32 Å². The SMILES string of the molecule is Cc1[nH]c(C(=O)O[C@@H](C)C(=O)Nc2ccc(C(N)=O)cc2)c(C)c1C(=O)OC(C)C. The lowest BCUT2D eigenvalue weighted by molar-refractivity contribution is -0.123. The van der Waals surface area contributed by atoms with Gasteiger partial charge in [0.05, 0.1) is 11.7 Å².